The van der Waals surface area contributed by atoms with Gasteiger partial charge in [-0.2, -0.15) is 0 Å². The normalized spacial score (nSPS) is 14.8. The maximum absolute atomic E-state index is 9.99. The molecule has 0 radical (unpaired) electrons. The van der Waals surface area contributed by atoms with Crippen molar-refractivity contribution in [1.82, 2.24) is 0 Å². The Kier molecular flexibility index (Phi) is 6.90. The largest absolute Gasteiger partial charge is 0.300 e. The number of benzene rings is 7. The zero-order valence-corrected chi connectivity index (χ0v) is 29.0. The van der Waals surface area contributed by atoms with Crippen molar-refractivity contribution in [3.05, 3.63) is 224 Å². The van der Waals surface area contributed by atoms with Crippen LogP contribution in [0.3, 0.4) is 0 Å². The molecule has 0 spiro atoms. The summed E-state index contributed by atoms with van der Waals surface area (Å²) in [5, 5.41) is 9.99. The van der Waals surface area contributed by atoms with Crippen LogP contribution in [0.25, 0.3) is 22.3 Å². The van der Waals surface area contributed by atoms with Gasteiger partial charge in [-0.15, -0.1) is 0 Å². The molecule has 7 aromatic rings. The molecule has 0 saturated carbocycles. The van der Waals surface area contributed by atoms with Crippen molar-refractivity contribution >= 4 is 5.71 Å². The van der Waals surface area contributed by atoms with Crippen molar-refractivity contribution in [3.63, 3.8) is 0 Å². The second kappa shape index (κ2) is 11.4. The highest BCUT2D eigenvalue weighted by molar-refractivity contribution is 6.13. The van der Waals surface area contributed by atoms with Gasteiger partial charge in [0.15, 0.2) is 0 Å². The average Bonchev–Trinajstić information content (AvgIpc) is 3.64. The van der Waals surface area contributed by atoms with Crippen LogP contribution in [-0.4, -0.2) is 5.71 Å². The van der Waals surface area contributed by atoms with Gasteiger partial charge in [0.1, 0.15) is 0 Å². The van der Waals surface area contributed by atoms with E-state index in [0.717, 1.165) is 16.7 Å². The molecule has 0 aromatic heterocycles. The molecule has 0 amide bonds. The smallest absolute Gasteiger partial charge is 0.0720 e. The average molecular weight is 642 g/mol. The highest BCUT2D eigenvalue weighted by atomic mass is 14.5. The van der Waals surface area contributed by atoms with Gasteiger partial charge in [0.25, 0.3) is 0 Å². The van der Waals surface area contributed by atoms with E-state index in [1.165, 1.54) is 77.9 Å². The van der Waals surface area contributed by atoms with E-state index in [-0.39, 0.29) is 5.92 Å². The Morgan fingerprint density at radius 1 is 0.520 bits per heavy atom. The first kappa shape index (κ1) is 30.3. The lowest BCUT2D eigenvalue weighted by Gasteiger charge is -2.35. The summed E-state index contributed by atoms with van der Waals surface area (Å²) in [6.07, 6.45) is 0. The fraction of sp³-hybridized carbons (Fsp3) is 0.122. The van der Waals surface area contributed by atoms with Crippen LogP contribution in [0.5, 0.6) is 0 Å². The maximum Gasteiger partial charge on any atom is 0.0720 e. The van der Waals surface area contributed by atoms with Crippen molar-refractivity contribution < 1.29 is 0 Å². The molecule has 2 aliphatic carbocycles. The summed E-state index contributed by atoms with van der Waals surface area (Å²) >= 11 is 0. The van der Waals surface area contributed by atoms with Gasteiger partial charge in [-0.05, 0) is 106 Å². The van der Waals surface area contributed by atoms with Crippen molar-refractivity contribution in [1.29, 1.82) is 5.41 Å². The first-order valence-corrected chi connectivity index (χ1v) is 17.6. The van der Waals surface area contributed by atoms with Crippen LogP contribution in [0.1, 0.15) is 78.2 Å². The van der Waals surface area contributed by atoms with E-state index in [9.17, 15) is 5.41 Å². The van der Waals surface area contributed by atoms with Crippen LogP contribution in [0.2, 0.25) is 0 Å². The maximum atomic E-state index is 9.99. The number of fused-ring (bicyclic) bond motifs is 6. The van der Waals surface area contributed by atoms with E-state index in [1.807, 2.05) is 0 Å². The van der Waals surface area contributed by atoms with E-state index < -0.39 is 5.41 Å². The monoisotopic (exact) mass is 641 g/mol. The van der Waals surface area contributed by atoms with Crippen LogP contribution in [0, 0.1) is 33.1 Å². The minimum atomic E-state index is -0.566. The van der Waals surface area contributed by atoms with Gasteiger partial charge in [0.2, 0.25) is 0 Å². The standard InChI is InChI=1S/C49H39N/c1-30-26-31(2)28-35(27-30)47-40-25-23-34(29-42(40)39-24-22-32(3)33(4)46(39)47)48(50)41-18-10-13-21-45(41)49(36-14-6-5-7-15-36)43-19-11-8-16-37(43)38-17-9-12-20-44(38)49/h5-29,47,50H,1-4H3. The summed E-state index contributed by atoms with van der Waals surface area (Å²) < 4.78 is 0. The van der Waals surface area contributed by atoms with Crippen molar-refractivity contribution in [2.75, 3.05) is 0 Å². The quantitative estimate of drug-likeness (QED) is 0.181. The molecule has 0 fully saturated rings. The first-order valence-electron chi connectivity index (χ1n) is 17.6. The number of hydrogen-bond donors (Lipinski definition) is 1. The third-order valence-corrected chi connectivity index (χ3v) is 11.4. The molecule has 0 bridgehead atoms. The molecule has 2 aliphatic rings. The SMILES string of the molecule is Cc1cc(C)cc(C2c3ccc(C(=N)c4ccccc4C4(c5ccccc5)c5ccccc5-c5ccccc54)cc3-c3ccc(C)c(C)c32)c1. The third kappa shape index (κ3) is 4.29. The summed E-state index contributed by atoms with van der Waals surface area (Å²) in [5.74, 6) is 0.168. The molecule has 9 rings (SSSR count). The molecule has 240 valence electrons. The highest BCUT2D eigenvalue weighted by Crippen LogP contribution is 2.57. The topological polar surface area (TPSA) is 23.9 Å². The summed E-state index contributed by atoms with van der Waals surface area (Å²) in [7, 11) is 0. The molecule has 1 N–H and O–H groups in total. The van der Waals surface area contributed by atoms with E-state index in [0.29, 0.717) is 5.71 Å². The van der Waals surface area contributed by atoms with Crippen LogP contribution >= 0.6 is 0 Å². The predicted molar refractivity (Wildman–Crippen MR) is 208 cm³/mol. The molecule has 0 heterocycles. The summed E-state index contributed by atoms with van der Waals surface area (Å²) in [5.41, 5.74) is 21.1. The lowest BCUT2D eigenvalue weighted by Crippen LogP contribution is -2.31. The van der Waals surface area contributed by atoms with Gasteiger partial charge in [-0.1, -0.05) is 157 Å². The van der Waals surface area contributed by atoms with Crippen LogP contribution < -0.4 is 0 Å². The van der Waals surface area contributed by atoms with Crippen molar-refractivity contribution in [3.8, 4) is 22.3 Å². The summed E-state index contributed by atoms with van der Waals surface area (Å²) in [6.45, 7) is 8.88. The Hall–Kier alpha value is -5.79. The van der Waals surface area contributed by atoms with Gasteiger partial charge in [0.05, 0.1) is 11.1 Å². The molecule has 1 unspecified atom stereocenters. The van der Waals surface area contributed by atoms with E-state index in [1.54, 1.807) is 0 Å². The van der Waals surface area contributed by atoms with E-state index in [2.05, 4.69) is 179 Å². The Bertz CT molecular complexity index is 2430. The number of aryl methyl sites for hydroxylation is 3. The lowest BCUT2D eigenvalue weighted by molar-refractivity contribution is 0.766. The highest BCUT2D eigenvalue weighted by Gasteiger charge is 2.47. The molecular weight excluding hydrogens is 603 g/mol. The number of nitrogens with one attached hydrogen (secondary N) is 1. The van der Waals surface area contributed by atoms with Crippen LogP contribution in [0.15, 0.2) is 152 Å². The van der Waals surface area contributed by atoms with Gasteiger partial charge >= 0.3 is 0 Å². The Balaban J connectivity index is 1.25. The predicted octanol–water partition coefficient (Wildman–Crippen LogP) is 11.9. The minimum Gasteiger partial charge on any atom is -0.300 e. The summed E-state index contributed by atoms with van der Waals surface area (Å²) in [4.78, 5) is 0. The fourth-order valence-electron chi connectivity index (χ4n) is 9.18. The zero-order valence-electron chi connectivity index (χ0n) is 29.0. The molecule has 7 aromatic carbocycles. The molecule has 1 atom stereocenters. The van der Waals surface area contributed by atoms with Crippen LogP contribution in [0.4, 0.5) is 0 Å². The third-order valence-electron chi connectivity index (χ3n) is 11.4. The van der Waals surface area contributed by atoms with E-state index in [4.69, 9.17) is 0 Å². The zero-order chi connectivity index (χ0) is 34.1. The minimum absolute atomic E-state index is 0.168. The molecular formula is C49H39N. The first-order chi connectivity index (χ1) is 24.4. The second-order valence-electron chi connectivity index (χ2n) is 14.3. The second-order valence-corrected chi connectivity index (χ2v) is 14.3. The molecule has 1 nitrogen and oxygen atoms in total. The number of hydrogen-bond acceptors (Lipinski definition) is 1. The summed E-state index contributed by atoms with van der Waals surface area (Å²) in [6, 6.07) is 55.5. The molecule has 0 aliphatic heterocycles. The molecule has 0 saturated heterocycles. The van der Waals surface area contributed by atoms with Gasteiger partial charge in [0, 0.05) is 17.0 Å². The van der Waals surface area contributed by atoms with Crippen molar-refractivity contribution in [2.45, 2.75) is 39.0 Å². The Labute approximate surface area is 295 Å². The fourth-order valence-corrected chi connectivity index (χ4v) is 9.18. The lowest BCUT2D eigenvalue weighted by atomic mass is 9.66. The van der Waals surface area contributed by atoms with Gasteiger partial charge < -0.3 is 0 Å². The Morgan fingerprint density at radius 2 is 1.12 bits per heavy atom. The van der Waals surface area contributed by atoms with Crippen LogP contribution in [-0.2, 0) is 5.41 Å². The Morgan fingerprint density at radius 3 is 1.80 bits per heavy atom. The van der Waals surface area contributed by atoms with Gasteiger partial charge in [-0.25, -0.2) is 0 Å². The number of rotatable bonds is 5. The molecule has 1 heteroatoms. The molecule has 50 heavy (non-hydrogen) atoms. The van der Waals surface area contributed by atoms with E-state index >= 15 is 0 Å². The van der Waals surface area contributed by atoms with Crippen molar-refractivity contribution in [2.24, 2.45) is 0 Å². The van der Waals surface area contributed by atoms with Gasteiger partial charge in [-0.3, -0.25) is 5.41 Å².